The zero-order valence-electron chi connectivity index (χ0n) is 13.0. The van der Waals surface area contributed by atoms with Gasteiger partial charge in [-0.3, -0.25) is 0 Å². The summed E-state index contributed by atoms with van der Waals surface area (Å²) in [6, 6.07) is 3.66. The molecule has 118 valence electrons. The van der Waals surface area contributed by atoms with E-state index in [4.69, 9.17) is 9.84 Å². The Hall–Kier alpha value is -2.43. The minimum Gasteiger partial charge on any atom is -0.506 e. The van der Waals surface area contributed by atoms with Gasteiger partial charge in [0.1, 0.15) is 11.3 Å². The lowest BCUT2D eigenvalue weighted by Crippen LogP contribution is -2.26. The smallest absolute Gasteiger partial charge is 0.341 e. The van der Waals surface area contributed by atoms with Gasteiger partial charge in [-0.2, -0.15) is 0 Å². The third-order valence-electron chi connectivity index (χ3n) is 3.41. The zero-order valence-corrected chi connectivity index (χ0v) is 13.0. The molecule has 0 spiro atoms. The largest absolute Gasteiger partial charge is 0.506 e. The summed E-state index contributed by atoms with van der Waals surface area (Å²) in [7, 11) is 0. The van der Waals surface area contributed by atoms with Crippen molar-refractivity contribution in [3.63, 3.8) is 0 Å². The number of hydrogen-bond acceptors (Lipinski definition) is 4. The van der Waals surface area contributed by atoms with Crippen LogP contribution in [0.2, 0.25) is 0 Å². The highest BCUT2D eigenvalue weighted by atomic mass is 16.5. The molecule has 0 saturated carbocycles. The van der Waals surface area contributed by atoms with Crippen molar-refractivity contribution in [2.45, 2.75) is 27.2 Å². The van der Waals surface area contributed by atoms with Crippen LogP contribution >= 0.6 is 0 Å². The van der Waals surface area contributed by atoms with Crippen LogP contribution in [-0.2, 0) is 16.0 Å². The van der Waals surface area contributed by atoms with Crippen LogP contribution in [0, 0.1) is 5.92 Å². The van der Waals surface area contributed by atoms with E-state index < -0.39 is 5.97 Å². The fourth-order valence-electron chi connectivity index (χ4n) is 2.25. The van der Waals surface area contributed by atoms with Gasteiger partial charge in [0, 0.05) is 22.3 Å². The molecule has 0 fully saturated rings. The van der Waals surface area contributed by atoms with Gasteiger partial charge >= 0.3 is 5.97 Å². The van der Waals surface area contributed by atoms with E-state index in [0.29, 0.717) is 23.4 Å². The Kier molecular flexibility index (Phi) is 4.75. The number of hydrogen-bond donors (Lipinski definition) is 3. The molecule has 5 nitrogen and oxygen atoms in total. The normalized spacial score (nSPS) is 14.5. The first kappa shape index (κ1) is 15.9. The SMILES string of the molecule is CCc1cc2c(c/c1=C\OCC(C)C)NC=C(C(=O)O)C=2O. The second-order valence-corrected chi connectivity index (χ2v) is 5.65. The van der Waals surface area contributed by atoms with E-state index in [1.165, 1.54) is 6.20 Å². The minimum atomic E-state index is -1.16. The molecule has 0 unspecified atom stereocenters. The van der Waals surface area contributed by atoms with E-state index in [1.54, 1.807) is 12.3 Å². The van der Waals surface area contributed by atoms with Crippen molar-refractivity contribution in [2.24, 2.45) is 5.92 Å². The molecule has 2 rings (SSSR count). The van der Waals surface area contributed by atoms with Crippen LogP contribution < -0.4 is 15.8 Å². The Morgan fingerprint density at radius 1 is 1.41 bits per heavy atom. The van der Waals surface area contributed by atoms with Crippen molar-refractivity contribution in [3.05, 3.63) is 39.9 Å². The molecule has 1 aliphatic rings. The Morgan fingerprint density at radius 3 is 2.73 bits per heavy atom. The molecule has 1 aromatic rings. The van der Waals surface area contributed by atoms with Crippen molar-refractivity contribution in [1.29, 1.82) is 0 Å². The predicted octanol–water partition coefficient (Wildman–Crippen LogP) is 1.72. The first-order valence-electron chi connectivity index (χ1n) is 7.32. The molecule has 0 atom stereocenters. The average Bonchev–Trinajstić information content (AvgIpc) is 2.46. The number of aryl methyl sites for hydroxylation is 1. The van der Waals surface area contributed by atoms with E-state index in [-0.39, 0.29) is 11.3 Å². The highest BCUT2D eigenvalue weighted by molar-refractivity contribution is 6.00. The number of aliphatic carboxylic acids is 1. The third-order valence-corrected chi connectivity index (χ3v) is 3.41. The molecule has 0 bridgehead atoms. The molecule has 0 aliphatic carbocycles. The number of aliphatic hydroxyl groups excluding tert-OH is 1. The summed E-state index contributed by atoms with van der Waals surface area (Å²) in [4.78, 5) is 11.1. The van der Waals surface area contributed by atoms with Crippen molar-refractivity contribution in [1.82, 2.24) is 0 Å². The molecule has 0 radical (unpaired) electrons. The fourth-order valence-corrected chi connectivity index (χ4v) is 2.25. The molecule has 5 heteroatoms. The summed E-state index contributed by atoms with van der Waals surface area (Å²) in [5.74, 6) is -0.939. The monoisotopic (exact) mass is 303 g/mol. The number of rotatable bonds is 5. The summed E-state index contributed by atoms with van der Waals surface area (Å²) in [5.41, 5.74) is 1.52. The molecule has 1 aromatic carbocycles. The van der Waals surface area contributed by atoms with Gasteiger partial charge < -0.3 is 20.3 Å². The summed E-state index contributed by atoms with van der Waals surface area (Å²) in [5, 5.41) is 23.5. The third kappa shape index (κ3) is 3.24. The Labute approximate surface area is 129 Å². The number of aliphatic hydroxyl groups is 1. The summed E-state index contributed by atoms with van der Waals surface area (Å²) >= 11 is 0. The highest BCUT2D eigenvalue weighted by Crippen LogP contribution is 2.14. The Bertz CT molecular complexity index is 732. The average molecular weight is 303 g/mol. The fraction of sp³-hybridized carbons (Fsp3) is 0.353. The van der Waals surface area contributed by atoms with Crippen molar-refractivity contribution in [3.8, 4) is 0 Å². The number of carbonyl (C=O) groups is 1. The maximum absolute atomic E-state index is 11.1. The van der Waals surface area contributed by atoms with Crippen LogP contribution in [0.25, 0.3) is 12.0 Å². The Balaban J connectivity index is 2.51. The molecular weight excluding hydrogens is 282 g/mol. The van der Waals surface area contributed by atoms with Crippen LogP contribution in [0.15, 0.2) is 23.9 Å². The number of benzene rings is 1. The molecular formula is C17H21NO4. The molecule has 0 aromatic heterocycles. The van der Waals surface area contributed by atoms with E-state index in [1.807, 2.05) is 13.0 Å². The van der Waals surface area contributed by atoms with Gasteiger partial charge in [0.15, 0.2) is 0 Å². The lowest BCUT2D eigenvalue weighted by atomic mass is 10.0. The number of carboxylic acid groups (broad SMARTS) is 1. The molecule has 3 N–H and O–H groups in total. The second-order valence-electron chi connectivity index (χ2n) is 5.65. The van der Waals surface area contributed by atoms with Crippen molar-refractivity contribution < 1.29 is 19.7 Å². The van der Waals surface area contributed by atoms with Gasteiger partial charge in [-0.15, -0.1) is 0 Å². The quantitative estimate of drug-likeness (QED) is 0.772. The number of nitrogens with one attached hydrogen (secondary N) is 1. The first-order valence-corrected chi connectivity index (χ1v) is 7.32. The van der Waals surface area contributed by atoms with Crippen LogP contribution in [0.3, 0.4) is 0 Å². The molecule has 1 aliphatic heterocycles. The molecule has 0 saturated heterocycles. The van der Waals surface area contributed by atoms with Gasteiger partial charge in [0.05, 0.1) is 12.9 Å². The van der Waals surface area contributed by atoms with Crippen LogP contribution in [0.5, 0.6) is 0 Å². The van der Waals surface area contributed by atoms with E-state index in [2.05, 4.69) is 19.2 Å². The maximum Gasteiger partial charge on any atom is 0.341 e. The minimum absolute atomic E-state index is 0.137. The van der Waals surface area contributed by atoms with Crippen molar-refractivity contribution in [2.75, 3.05) is 11.9 Å². The van der Waals surface area contributed by atoms with Gasteiger partial charge in [0.2, 0.25) is 0 Å². The Morgan fingerprint density at radius 2 is 2.14 bits per heavy atom. The summed E-state index contributed by atoms with van der Waals surface area (Å²) < 4.78 is 5.57. The lowest BCUT2D eigenvalue weighted by molar-refractivity contribution is -0.132. The molecule has 0 amide bonds. The van der Waals surface area contributed by atoms with Gasteiger partial charge in [-0.25, -0.2) is 4.79 Å². The van der Waals surface area contributed by atoms with E-state index in [0.717, 1.165) is 17.2 Å². The number of ether oxygens (including phenoxy) is 1. The predicted molar refractivity (Wildman–Crippen MR) is 85.7 cm³/mol. The topological polar surface area (TPSA) is 78.8 Å². The molecule has 1 heterocycles. The van der Waals surface area contributed by atoms with Crippen LogP contribution in [-0.4, -0.2) is 22.8 Å². The van der Waals surface area contributed by atoms with Crippen LogP contribution in [0.1, 0.15) is 26.3 Å². The first-order chi connectivity index (χ1) is 10.4. The number of carboxylic acids is 1. The van der Waals surface area contributed by atoms with Crippen molar-refractivity contribution >= 4 is 23.7 Å². The van der Waals surface area contributed by atoms with Crippen LogP contribution in [0.4, 0.5) is 5.69 Å². The van der Waals surface area contributed by atoms with E-state index >= 15 is 0 Å². The summed E-state index contributed by atoms with van der Waals surface area (Å²) in [6.07, 6.45) is 3.77. The summed E-state index contributed by atoms with van der Waals surface area (Å²) in [6.45, 7) is 6.79. The highest BCUT2D eigenvalue weighted by Gasteiger charge is 2.18. The molecule has 22 heavy (non-hydrogen) atoms. The lowest BCUT2D eigenvalue weighted by Gasteiger charge is -2.14. The maximum atomic E-state index is 11.1. The zero-order chi connectivity index (χ0) is 16.3. The number of anilines is 1. The second kappa shape index (κ2) is 6.56. The van der Waals surface area contributed by atoms with Gasteiger partial charge in [-0.1, -0.05) is 20.8 Å². The standard InChI is InChI=1S/C17H21NO4/c1-4-11-5-13-15(6-12(11)9-22-8-10(2)3)18-7-14(16(13)19)17(20)21/h5-7,9-10,18-19H,4,8H2,1-3H3,(H,20,21)/b12-9+. The van der Waals surface area contributed by atoms with Gasteiger partial charge in [-0.05, 0) is 30.0 Å². The number of fused-ring (bicyclic) bond motifs is 1. The van der Waals surface area contributed by atoms with Gasteiger partial charge in [0.25, 0.3) is 0 Å². The van der Waals surface area contributed by atoms with E-state index in [9.17, 15) is 9.90 Å².